The SMILES string of the molecule is CCOC(=O)C(C)SC(=S)C(=O)O. The normalized spacial score (nSPS) is 11.8. The Morgan fingerprint density at radius 2 is 2.15 bits per heavy atom. The lowest BCUT2D eigenvalue weighted by Gasteiger charge is -2.08. The highest BCUT2D eigenvalue weighted by molar-refractivity contribution is 8.25. The van der Waals surface area contributed by atoms with Gasteiger partial charge in [0.15, 0.2) is 4.20 Å². The number of thiocarbonyl (C=S) groups is 1. The van der Waals surface area contributed by atoms with Crippen LogP contribution in [0.15, 0.2) is 0 Å². The van der Waals surface area contributed by atoms with Crippen molar-refractivity contribution >= 4 is 40.1 Å². The number of ether oxygens (including phenoxy) is 1. The molecular formula is C7H10O4S2. The van der Waals surface area contributed by atoms with E-state index in [1.165, 1.54) is 0 Å². The second-order valence-electron chi connectivity index (χ2n) is 2.10. The van der Waals surface area contributed by atoms with Gasteiger partial charge in [0.05, 0.1) is 6.61 Å². The number of esters is 1. The summed E-state index contributed by atoms with van der Waals surface area (Å²) in [6.45, 7) is 3.52. The minimum atomic E-state index is -1.18. The largest absolute Gasteiger partial charge is 0.477 e. The zero-order chi connectivity index (χ0) is 10.4. The maximum Gasteiger partial charge on any atom is 0.353 e. The predicted octanol–water partition coefficient (Wildman–Crippen LogP) is 1.08. The molecule has 4 nitrogen and oxygen atoms in total. The molecule has 6 heteroatoms. The number of aliphatic carboxylic acids is 1. The predicted molar refractivity (Wildman–Crippen MR) is 53.9 cm³/mol. The average molecular weight is 222 g/mol. The van der Waals surface area contributed by atoms with Gasteiger partial charge in [0, 0.05) is 0 Å². The molecule has 0 rings (SSSR count). The molecule has 1 unspecified atom stereocenters. The summed E-state index contributed by atoms with van der Waals surface area (Å²) < 4.78 is 4.45. The molecule has 0 bridgehead atoms. The number of rotatable bonds is 3. The van der Waals surface area contributed by atoms with Crippen LogP contribution in [0.1, 0.15) is 13.8 Å². The zero-order valence-electron chi connectivity index (χ0n) is 7.27. The van der Waals surface area contributed by atoms with E-state index in [4.69, 9.17) is 5.11 Å². The summed E-state index contributed by atoms with van der Waals surface area (Å²) in [6.07, 6.45) is 0. The number of carbonyl (C=O) groups is 2. The van der Waals surface area contributed by atoms with Crippen molar-refractivity contribution in [2.75, 3.05) is 6.61 Å². The zero-order valence-corrected chi connectivity index (χ0v) is 8.91. The lowest BCUT2D eigenvalue weighted by atomic mass is 10.5. The average Bonchev–Trinajstić information content (AvgIpc) is 2.04. The fourth-order valence-electron chi connectivity index (χ4n) is 0.519. The van der Waals surface area contributed by atoms with E-state index in [1.54, 1.807) is 13.8 Å². The quantitative estimate of drug-likeness (QED) is 0.569. The third kappa shape index (κ3) is 4.84. The smallest absolute Gasteiger partial charge is 0.353 e. The maximum absolute atomic E-state index is 11.0. The Morgan fingerprint density at radius 3 is 2.54 bits per heavy atom. The number of carboxylic acids is 1. The first kappa shape index (κ1) is 12.4. The molecule has 0 aromatic heterocycles. The summed E-state index contributed by atoms with van der Waals surface area (Å²) in [5.74, 6) is -1.63. The van der Waals surface area contributed by atoms with Crippen LogP contribution in [0.5, 0.6) is 0 Å². The Kier molecular flexibility index (Phi) is 5.65. The molecule has 0 fully saturated rings. The van der Waals surface area contributed by atoms with Crippen molar-refractivity contribution < 1.29 is 19.4 Å². The molecular weight excluding hydrogens is 212 g/mol. The van der Waals surface area contributed by atoms with Crippen LogP contribution in [0.2, 0.25) is 0 Å². The van der Waals surface area contributed by atoms with Crippen molar-refractivity contribution in [2.24, 2.45) is 0 Å². The summed E-state index contributed by atoms with van der Waals surface area (Å²) in [5, 5.41) is 7.86. The Labute approximate surface area is 85.6 Å². The topological polar surface area (TPSA) is 63.6 Å². The van der Waals surface area contributed by atoms with Gasteiger partial charge in [-0.3, -0.25) is 4.79 Å². The van der Waals surface area contributed by atoms with Crippen LogP contribution in [-0.4, -0.2) is 33.1 Å². The second-order valence-corrected chi connectivity index (χ2v) is 4.12. The molecule has 13 heavy (non-hydrogen) atoms. The minimum Gasteiger partial charge on any atom is -0.477 e. The first-order valence-corrected chi connectivity index (χ1v) is 4.88. The van der Waals surface area contributed by atoms with Gasteiger partial charge < -0.3 is 9.84 Å². The number of hydrogen-bond acceptors (Lipinski definition) is 5. The number of carbonyl (C=O) groups excluding carboxylic acids is 1. The summed E-state index contributed by atoms with van der Waals surface area (Å²) in [6, 6.07) is 0. The van der Waals surface area contributed by atoms with Crippen LogP contribution in [0.4, 0.5) is 0 Å². The van der Waals surface area contributed by atoms with Crippen molar-refractivity contribution in [2.45, 2.75) is 19.1 Å². The highest BCUT2D eigenvalue weighted by atomic mass is 32.2. The van der Waals surface area contributed by atoms with E-state index in [9.17, 15) is 9.59 Å². The number of carboxylic acid groups (broad SMARTS) is 1. The van der Waals surface area contributed by atoms with Crippen molar-refractivity contribution in [3.05, 3.63) is 0 Å². The lowest BCUT2D eigenvalue weighted by molar-refractivity contribution is -0.142. The Bertz CT molecular complexity index is 227. The minimum absolute atomic E-state index is 0.222. The molecule has 0 heterocycles. The number of hydrogen-bond donors (Lipinski definition) is 1. The van der Waals surface area contributed by atoms with Crippen LogP contribution in [0.3, 0.4) is 0 Å². The van der Waals surface area contributed by atoms with E-state index in [1.807, 2.05) is 0 Å². The molecule has 0 saturated heterocycles. The van der Waals surface area contributed by atoms with Gasteiger partial charge in [0.25, 0.3) is 0 Å². The van der Waals surface area contributed by atoms with Gasteiger partial charge in [-0.05, 0) is 13.8 Å². The van der Waals surface area contributed by atoms with Gasteiger partial charge >= 0.3 is 11.9 Å². The summed E-state index contributed by atoms with van der Waals surface area (Å²) in [7, 11) is 0. The van der Waals surface area contributed by atoms with Crippen LogP contribution < -0.4 is 0 Å². The molecule has 0 amide bonds. The van der Waals surface area contributed by atoms with Crippen LogP contribution in [0.25, 0.3) is 0 Å². The maximum atomic E-state index is 11.0. The molecule has 0 aliphatic heterocycles. The Morgan fingerprint density at radius 1 is 1.62 bits per heavy atom. The molecule has 1 N–H and O–H groups in total. The highest BCUT2D eigenvalue weighted by Crippen LogP contribution is 2.14. The van der Waals surface area contributed by atoms with Gasteiger partial charge in [-0.1, -0.05) is 24.0 Å². The van der Waals surface area contributed by atoms with Gasteiger partial charge in [-0.2, -0.15) is 0 Å². The number of thioether (sulfide) groups is 1. The fraction of sp³-hybridized carbons (Fsp3) is 0.571. The monoisotopic (exact) mass is 222 g/mol. The lowest BCUT2D eigenvalue weighted by Crippen LogP contribution is -2.20. The fourth-order valence-corrected chi connectivity index (χ4v) is 1.54. The molecule has 74 valence electrons. The van der Waals surface area contributed by atoms with Gasteiger partial charge in [-0.15, -0.1) is 0 Å². The van der Waals surface area contributed by atoms with Gasteiger partial charge in [-0.25, -0.2) is 4.79 Å². The van der Waals surface area contributed by atoms with Crippen molar-refractivity contribution in [1.29, 1.82) is 0 Å². The van der Waals surface area contributed by atoms with Crippen molar-refractivity contribution in [3.8, 4) is 0 Å². The molecule has 0 aromatic carbocycles. The molecule has 0 aliphatic rings. The van der Waals surface area contributed by atoms with Crippen LogP contribution >= 0.6 is 24.0 Å². The third-order valence-electron chi connectivity index (χ3n) is 1.08. The summed E-state index contributed by atoms with van der Waals surface area (Å²) >= 11 is 5.33. The van der Waals surface area contributed by atoms with E-state index >= 15 is 0 Å². The first-order chi connectivity index (χ1) is 5.99. The van der Waals surface area contributed by atoms with Gasteiger partial charge in [0.1, 0.15) is 5.25 Å². The molecule has 0 aliphatic carbocycles. The van der Waals surface area contributed by atoms with E-state index in [0.717, 1.165) is 11.8 Å². The summed E-state index contributed by atoms with van der Waals surface area (Å²) in [5.41, 5.74) is 0. The Balaban J connectivity index is 3.99. The standard InChI is InChI=1S/C7H10O4S2/c1-3-11-6(10)4(2)13-7(12)5(8)9/h4H,3H2,1-2H3,(H,8,9). The highest BCUT2D eigenvalue weighted by Gasteiger charge is 2.19. The third-order valence-corrected chi connectivity index (χ3v) is 2.47. The van der Waals surface area contributed by atoms with Crippen molar-refractivity contribution in [1.82, 2.24) is 0 Å². The summed E-state index contributed by atoms with van der Waals surface area (Å²) in [4.78, 5) is 21.3. The molecule has 0 spiro atoms. The molecule has 0 radical (unpaired) electrons. The second kappa shape index (κ2) is 5.93. The van der Waals surface area contributed by atoms with E-state index in [2.05, 4.69) is 17.0 Å². The molecule has 0 aromatic rings. The van der Waals surface area contributed by atoms with Crippen LogP contribution in [0, 0.1) is 0 Å². The molecule has 0 saturated carbocycles. The van der Waals surface area contributed by atoms with E-state index in [0.29, 0.717) is 0 Å². The molecule has 1 atom stereocenters. The van der Waals surface area contributed by atoms with E-state index < -0.39 is 17.2 Å². The Hall–Kier alpha value is -0.620. The van der Waals surface area contributed by atoms with Gasteiger partial charge in [0.2, 0.25) is 0 Å². The van der Waals surface area contributed by atoms with Crippen molar-refractivity contribution in [3.63, 3.8) is 0 Å². The first-order valence-electron chi connectivity index (χ1n) is 3.59. The van der Waals surface area contributed by atoms with Crippen LogP contribution in [-0.2, 0) is 14.3 Å². The van der Waals surface area contributed by atoms with E-state index in [-0.39, 0.29) is 10.8 Å².